The predicted octanol–water partition coefficient (Wildman–Crippen LogP) is 3.26. The molecule has 1 heterocycles. The summed E-state index contributed by atoms with van der Waals surface area (Å²) in [5.41, 5.74) is 7.61. The van der Waals surface area contributed by atoms with Crippen molar-refractivity contribution >= 4 is 0 Å². The molecule has 0 bridgehead atoms. The second-order valence-electron chi connectivity index (χ2n) is 4.12. The van der Waals surface area contributed by atoms with Gasteiger partial charge in [0.1, 0.15) is 0 Å². The number of nitrogens with zero attached hydrogens (tertiary/aromatic N) is 1. The van der Waals surface area contributed by atoms with Gasteiger partial charge in [0.25, 0.3) is 0 Å². The number of hydrogen-bond acceptors (Lipinski definition) is 1. The van der Waals surface area contributed by atoms with Gasteiger partial charge in [-0.1, -0.05) is 0 Å². The molecule has 0 aliphatic heterocycles. The van der Waals surface area contributed by atoms with Gasteiger partial charge in [0.2, 0.25) is 0 Å². The molecule has 0 saturated heterocycles. The maximum atomic E-state index is 12.4. The summed E-state index contributed by atoms with van der Waals surface area (Å²) >= 11 is 0. The zero-order chi connectivity index (χ0) is 13.3. The van der Waals surface area contributed by atoms with E-state index in [0.29, 0.717) is 12.2 Å². The molecule has 5 heteroatoms. The van der Waals surface area contributed by atoms with Gasteiger partial charge in [-0.05, 0) is 42.3 Å². The van der Waals surface area contributed by atoms with E-state index in [-0.39, 0.29) is 0 Å². The molecule has 0 radical (unpaired) electrons. The van der Waals surface area contributed by atoms with Crippen molar-refractivity contribution in [3.63, 3.8) is 0 Å². The zero-order valence-electron chi connectivity index (χ0n) is 9.83. The first-order chi connectivity index (χ1) is 8.41. The standard InChI is InChI=1S/C13H13F3N2/c1-9-7-18(8-10(9)6-17)12-4-2-11(3-5-12)13(14,15)16/h2-5,7-8H,6,17H2,1H3. The van der Waals surface area contributed by atoms with Gasteiger partial charge in [-0.25, -0.2) is 0 Å². The fourth-order valence-electron chi connectivity index (χ4n) is 1.78. The number of aromatic nitrogens is 1. The minimum absolute atomic E-state index is 0.416. The fourth-order valence-corrected chi connectivity index (χ4v) is 1.78. The number of halogens is 3. The van der Waals surface area contributed by atoms with E-state index < -0.39 is 11.7 Å². The quantitative estimate of drug-likeness (QED) is 0.876. The van der Waals surface area contributed by atoms with Gasteiger partial charge >= 0.3 is 6.18 Å². The van der Waals surface area contributed by atoms with Crippen LogP contribution in [-0.4, -0.2) is 4.57 Å². The molecule has 2 aromatic rings. The summed E-state index contributed by atoms with van der Waals surface area (Å²) in [6.07, 6.45) is -0.615. The van der Waals surface area contributed by atoms with Crippen LogP contribution in [0.2, 0.25) is 0 Å². The third-order valence-corrected chi connectivity index (χ3v) is 2.85. The maximum absolute atomic E-state index is 12.4. The van der Waals surface area contributed by atoms with Crippen LogP contribution in [0.5, 0.6) is 0 Å². The van der Waals surface area contributed by atoms with Crippen molar-refractivity contribution in [1.29, 1.82) is 0 Å². The van der Waals surface area contributed by atoms with Gasteiger partial charge in [-0.2, -0.15) is 13.2 Å². The fraction of sp³-hybridized carbons (Fsp3) is 0.231. The Labute approximate surface area is 103 Å². The summed E-state index contributed by atoms with van der Waals surface area (Å²) in [6, 6.07) is 5.05. The van der Waals surface area contributed by atoms with Crippen LogP contribution in [0.1, 0.15) is 16.7 Å². The summed E-state index contributed by atoms with van der Waals surface area (Å²) < 4.78 is 39.0. The Morgan fingerprint density at radius 2 is 1.72 bits per heavy atom. The molecule has 0 aliphatic rings. The Morgan fingerprint density at radius 3 is 2.17 bits per heavy atom. The highest BCUT2D eigenvalue weighted by atomic mass is 19.4. The molecule has 0 fully saturated rings. The topological polar surface area (TPSA) is 30.9 Å². The van der Waals surface area contributed by atoms with E-state index in [1.54, 1.807) is 4.57 Å². The summed E-state index contributed by atoms with van der Waals surface area (Å²) in [5.74, 6) is 0. The van der Waals surface area contributed by atoms with Crippen LogP contribution in [0.3, 0.4) is 0 Å². The Hall–Kier alpha value is -1.75. The molecule has 2 nitrogen and oxygen atoms in total. The number of alkyl halides is 3. The van der Waals surface area contributed by atoms with E-state index in [1.165, 1.54) is 12.1 Å². The van der Waals surface area contributed by atoms with Crippen molar-refractivity contribution in [1.82, 2.24) is 4.57 Å². The molecule has 0 saturated carbocycles. The first-order valence-electron chi connectivity index (χ1n) is 5.47. The second kappa shape index (κ2) is 4.49. The van der Waals surface area contributed by atoms with E-state index in [9.17, 15) is 13.2 Å². The predicted molar refractivity (Wildman–Crippen MR) is 63.4 cm³/mol. The van der Waals surface area contributed by atoms with Gasteiger partial charge in [-0.3, -0.25) is 0 Å². The molecule has 2 rings (SSSR count). The third kappa shape index (κ3) is 2.41. The van der Waals surface area contributed by atoms with E-state index in [0.717, 1.165) is 23.3 Å². The Morgan fingerprint density at radius 1 is 1.11 bits per heavy atom. The highest BCUT2D eigenvalue weighted by molar-refractivity contribution is 5.39. The third-order valence-electron chi connectivity index (χ3n) is 2.85. The summed E-state index contributed by atoms with van der Waals surface area (Å²) in [6.45, 7) is 2.34. The largest absolute Gasteiger partial charge is 0.416 e. The lowest BCUT2D eigenvalue weighted by molar-refractivity contribution is -0.137. The van der Waals surface area contributed by atoms with Crippen LogP contribution < -0.4 is 5.73 Å². The molecular formula is C13H13F3N2. The molecule has 2 N–H and O–H groups in total. The molecule has 1 aromatic heterocycles. The van der Waals surface area contributed by atoms with Gasteiger partial charge in [0, 0.05) is 24.6 Å². The Bertz CT molecular complexity index is 538. The zero-order valence-corrected chi connectivity index (χ0v) is 9.83. The molecular weight excluding hydrogens is 241 g/mol. The van der Waals surface area contributed by atoms with E-state index in [1.807, 2.05) is 19.3 Å². The minimum atomic E-state index is -4.30. The highest BCUT2D eigenvalue weighted by Crippen LogP contribution is 2.29. The Kier molecular flexibility index (Phi) is 3.17. The smallest absolute Gasteiger partial charge is 0.326 e. The summed E-state index contributed by atoms with van der Waals surface area (Å²) in [4.78, 5) is 0. The van der Waals surface area contributed by atoms with Crippen molar-refractivity contribution in [2.24, 2.45) is 5.73 Å². The molecule has 18 heavy (non-hydrogen) atoms. The average Bonchev–Trinajstić information content (AvgIpc) is 2.69. The molecule has 0 amide bonds. The summed E-state index contributed by atoms with van der Waals surface area (Å²) in [7, 11) is 0. The van der Waals surface area contributed by atoms with E-state index >= 15 is 0 Å². The Balaban J connectivity index is 2.34. The summed E-state index contributed by atoms with van der Waals surface area (Å²) in [5, 5.41) is 0. The van der Waals surface area contributed by atoms with Crippen molar-refractivity contribution < 1.29 is 13.2 Å². The highest BCUT2D eigenvalue weighted by Gasteiger charge is 2.29. The average molecular weight is 254 g/mol. The SMILES string of the molecule is Cc1cn(-c2ccc(C(F)(F)F)cc2)cc1CN. The number of hydrogen-bond donors (Lipinski definition) is 1. The molecule has 0 spiro atoms. The molecule has 1 aromatic carbocycles. The van der Waals surface area contributed by atoms with E-state index in [4.69, 9.17) is 5.73 Å². The first kappa shape index (κ1) is 12.7. The molecule has 0 aliphatic carbocycles. The van der Waals surface area contributed by atoms with Crippen molar-refractivity contribution in [2.45, 2.75) is 19.6 Å². The lowest BCUT2D eigenvalue weighted by Crippen LogP contribution is -2.04. The maximum Gasteiger partial charge on any atom is 0.416 e. The van der Waals surface area contributed by atoms with Crippen LogP contribution in [0, 0.1) is 6.92 Å². The van der Waals surface area contributed by atoms with Crippen molar-refractivity contribution in [3.05, 3.63) is 53.3 Å². The van der Waals surface area contributed by atoms with Crippen molar-refractivity contribution in [2.75, 3.05) is 0 Å². The van der Waals surface area contributed by atoms with Gasteiger partial charge in [0.05, 0.1) is 5.56 Å². The lowest BCUT2D eigenvalue weighted by atomic mass is 10.2. The molecule has 96 valence electrons. The van der Waals surface area contributed by atoms with Gasteiger partial charge < -0.3 is 10.3 Å². The first-order valence-corrected chi connectivity index (χ1v) is 5.47. The number of nitrogens with two attached hydrogens (primary N) is 1. The number of benzene rings is 1. The normalized spacial score (nSPS) is 11.8. The van der Waals surface area contributed by atoms with E-state index in [2.05, 4.69) is 0 Å². The monoisotopic (exact) mass is 254 g/mol. The van der Waals surface area contributed by atoms with Crippen LogP contribution >= 0.6 is 0 Å². The minimum Gasteiger partial charge on any atom is -0.326 e. The van der Waals surface area contributed by atoms with Crippen LogP contribution in [0.4, 0.5) is 13.2 Å². The number of rotatable bonds is 2. The number of aryl methyl sites for hydroxylation is 1. The van der Waals surface area contributed by atoms with Crippen molar-refractivity contribution in [3.8, 4) is 5.69 Å². The van der Waals surface area contributed by atoms with Crippen LogP contribution in [-0.2, 0) is 12.7 Å². The van der Waals surface area contributed by atoms with Crippen LogP contribution in [0.25, 0.3) is 5.69 Å². The molecule has 0 atom stereocenters. The van der Waals surface area contributed by atoms with Gasteiger partial charge in [0.15, 0.2) is 0 Å². The van der Waals surface area contributed by atoms with Crippen LogP contribution in [0.15, 0.2) is 36.7 Å². The second-order valence-corrected chi connectivity index (χ2v) is 4.12. The van der Waals surface area contributed by atoms with Gasteiger partial charge in [-0.15, -0.1) is 0 Å². The lowest BCUT2D eigenvalue weighted by Gasteiger charge is -2.08. The molecule has 0 unspecified atom stereocenters.